The van der Waals surface area contributed by atoms with E-state index in [1.54, 1.807) is 0 Å². The van der Waals surface area contributed by atoms with Crippen molar-refractivity contribution >= 4 is 0 Å². The zero-order valence-electron chi connectivity index (χ0n) is 9.61. The van der Waals surface area contributed by atoms with E-state index in [2.05, 4.69) is 21.5 Å². The van der Waals surface area contributed by atoms with E-state index in [9.17, 15) is 0 Å². The number of imidazole rings is 1. The van der Waals surface area contributed by atoms with Crippen molar-refractivity contribution in [2.75, 3.05) is 13.6 Å². The van der Waals surface area contributed by atoms with Crippen LogP contribution in [0.15, 0.2) is 12.4 Å². The summed E-state index contributed by atoms with van der Waals surface area (Å²) in [6.45, 7) is 1.65. The second-order valence-corrected chi connectivity index (χ2v) is 4.59. The van der Waals surface area contributed by atoms with Crippen molar-refractivity contribution < 1.29 is 0 Å². The van der Waals surface area contributed by atoms with Gasteiger partial charge in [0.25, 0.3) is 0 Å². The van der Waals surface area contributed by atoms with Crippen LogP contribution >= 0.6 is 0 Å². The maximum absolute atomic E-state index is 5.87. The van der Waals surface area contributed by atoms with Gasteiger partial charge in [-0.2, -0.15) is 0 Å². The van der Waals surface area contributed by atoms with Crippen LogP contribution in [0.25, 0.3) is 0 Å². The smallest absolute Gasteiger partial charge is 0.122 e. The molecule has 0 atom stereocenters. The molecule has 0 aromatic carbocycles. The molecule has 84 valence electrons. The first-order valence-corrected chi connectivity index (χ1v) is 5.55. The zero-order chi connectivity index (χ0) is 10.9. The summed E-state index contributed by atoms with van der Waals surface area (Å²) in [5.41, 5.74) is 6.11. The summed E-state index contributed by atoms with van der Waals surface area (Å²) >= 11 is 0. The monoisotopic (exact) mass is 208 g/mol. The molecular formula is C11H20N4. The van der Waals surface area contributed by atoms with Crippen molar-refractivity contribution in [1.29, 1.82) is 0 Å². The van der Waals surface area contributed by atoms with Gasteiger partial charge in [-0.3, -0.25) is 4.90 Å². The maximum atomic E-state index is 5.87. The Bertz CT molecular complexity index is 322. The lowest BCUT2D eigenvalue weighted by Gasteiger charge is -2.48. The Labute approximate surface area is 91.1 Å². The fourth-order valence-electron chi connectivity index (χ4n) is 2.26. The second-order valence-electron chi connectivity index (χ2n) is 4.59. The molecule has 4 heteroatoms. The van der Waals surface area contributed by atoms with Crippen molar-refractivity contribution in [2.45, 2.75) is 31.3 Å². The number of hydrogen-bond acceptors (Lipinski definition) is 3. The summed E-state index contributed by atoms with van der Waals surface area (Å²) in [4.78, 5) is 6.70. The predicted molar refractivity (Wildman–Crippen MR) is 60.3 cm³/mol. The van der Waals surface area contributed by atoms with E-state index in [0.717, 1.165) is 18.9 Å². The first kappa shape index (κ1) is 10.6. The average molecular weight is 208 g/mol. The number of hydrogen-bond donors (Lipinski definition) is 1. The molecule has 1 saturated carbocycles. The number of nitrogens with two attached hydrogens (primary N) is 1. The molecule has 0 spiro atoms. The first-order chi connectivity index (χ1) is 7.18. The molecule has 2 N–H and O–H groups in total. The van der Waals surface area contributed by atoms with E-state index in [4.69, 9.17) is 5.73 Å². The fraction of sp³-hybridized carbons (Fsp3) is 0.727. The van der Waals surface area contributed by atoms with Crippen LogP contribution in [0.4, 0.5) is 0 Å². The highest BCUT2D eigenvalue weighted by Gasteiger charge is 2.39. The van der Waals surface area contributed by atoms with E-state index in [1.165, 1.54) is 19.3 Å². The first-order valence-electron chi connectivity index (χ1n) is 5.55. The number of likely N-dealkylation sites (N-methyl/N-ethyl adjacent to an activating group) is 1. The molecule has 0 bridgehead atoms. The second kappa shape index (κ2) is 3.94. The molecule has 15 heavy (non-hydrogen) atoms. The molecule has 1 fully saturated rings. The Kier molecular flexibility index (Phi) is 2.80. The van der Waals surface area contributed by atoms with E-state index >= 15 is 0 Å². The Morgan fingerprint density at radius 3 is 2.73 bits per heavy atom. The van der Waals surface area contributed by atoms with Gasteiger partial charge in [-0.1, -0.05) is 0 Å². The van der Waals surface area contributed by atoms with Crippen molar-refractivity contribution in [2.24, 2.45) is 12.8 Å². The lowest BCUT2D eigenvalue weighted by atomic mass is 9.75. The number of aryl methyl sites for hydroxylation is 1. The fourth-order valence-corrected chi connectivity index (χ4v) is 2.26. The Balaban J connectivity index is 2.03. The van der Waals surface area contributed by atoms with Gasteiger partial charge >= 0.3 is 0 Å². The van der Waals surface area contributed by atoms with E-state index in [-0.39, 0.29) is 5.54 Å². The summed E-state index contributed by atoms with van der Waals surface area (Å²) in [6, 6.07) is 0. The molecule has 0 saturated heterocycles. The summed E-state index contributed by atoms with van der Waals surface area (Å²) in [5, 5.41) is 0. The van der Waals surface area contributed by atoms with Crippen molar-refractivity contribution in [3.05, 3.63) is 18.2 Å². The standard InChI is InChI=1S/C11H20N4/c1-14-7-6-13-10(14)8-15(2)11(9-12)4-3-5-11/h6-7H,3-5,8-9,12H2,1-2H3. The van der Waals surface area contributed by atoms with E-state index < -0.39 is 0 Å². The zero-order valence-corrected chi connectivity index (χ0v) is 9.61. The van der Waals surface area contributed by atoms with Gasteiger partial charge in [0.15, 0.2) is 0 Å². The van der Waals surface area contributed by atoms with Gasteiger partial charge in [0.1, 0.15) is 5.82 Å². The SMILES string of the molecule is CN(Cc1nccn1C)C1(CN)CCC1. The summed E-state index contributed by atoms with van der Waals surface area (Å²) < 4.78 is 2.07. The quantitative estimate of drug-likeness (QED) is 0.793. The van der Waals surface area contributed by atoms with Crippen molar-refractivity contribution in [3.8, 4) is 0 Å². The molecule has 0 aliphatic heterocycles. The van der Waals surface area contributed by atoms with Gasteiger partial charge in [0.2, 0.25) is 0 Å². The van der Waals surface area contributed by atoms with Crippen LogP contribution in [0, 0.1) is 0 Å². The number of nitrogens with zero attached hydrogens (tertiary/aromatic N) is 3. The highest BCUT2D eigenvalue weighted by molar-refractivity contribution is 5.00. The minimum Gasteiger partial charge on any atom is -0.337 e. The molecular weight excluding hydrogens is 188 g/mol. The van der Waals surface area contributed by atoms with Gasteiger partial charge < -0.3 is 10.3 Å². The average Bonchev–Trinajstić information content (AvgIpc) is 2.51. The Morgan fingerprint density at radius 2 is 2.33 bits per heavy atom. The summed E-state index contributed by atoms with van der Waals surface area (Å²) in [6.07, 6.45) is 7.59. The molecule has 0 amide bonds. The van der Waals surface area contributed by atoms with E-state index in [0.29, 0.717) is 0 Å². The molecule has 0 radical (unpaired) electrons. The largest absolute Gasteiger partial charge is 0.337 e. The lowest BCUT2D eigenvalue weighted by Crippen LogP contribution is -2.56. The van der Waals surface area contributed by atoms with Crippen LogP contribution in [0.2, 0.25) is 0 Å². The lowest BCUT2D eigenvalue weighted by molar-refractivity contribution is 0.0373. The molecule has 1 heterocycles. The highest BCUT2D eigenvalue weighted by Crippen LogP contribution is 2.36. The van der Waals surface area contributed by atoms with Crippen molar-refractivity contribution in [1.82, 2.24) is 14.5 Å². The molecule has 1 aliphatic rings. The number of aromatic nitrogens is 2. The summed E-state index contributed by atoms with van der Waals surface area (Å²) in [7, 11) is 4.19. The van der Waals surface area contributed by atoms with Crippen LogP contribution < -0.4 is 5.73 Å². The van der Waals surface area contributed by atoms with Crippen LogP contribution in [0.3, 0.4) is 0 Å². The maximum Gasteiger partial charge on any atom is 0.122 e. The van der Waals surface area contributed by atoms with Crippen LogP contribution in [-0.4, -0.2) is 33.6 Å². The third-order valence-electron chi connectivity index (χ3n) is 3.77. The minimum absolute atomic E-state index is 0.242. The number of rotatable bonds is 4. The summed E-state index contributed by atoms with van der Waals surface area (Å²) in [5.74, 6) is 1.11. The van der Waals surface area contributed by atoms with Gasteiger partial charge in [0.05, 0.1) is 6.54 Å². The third kappa shape index (κ3) is 1.79. The molecule has 1 aromatic rings. The normalized spacial score (nSPS) is 19.2. The van der Waals surface area contributed by atoms with Gasteiger partial charge in [-0.05, 0) is 26.3 Å². The molecule has 1 aromatic heterocycles. The van der Waals surface area contributed by atoms with Gasteiger partial charge in [-0.15, -0.1) is 0 Å². The third-order valence-corrected chi connectivity index (χ3v) is 3.77. The minimum atomic E-state index is 0.242. The van der Waals surface area contributed by atoms with Gasteiger partial charge in [-0.25, -0.2) is 4.98 Å². The highest BCUT2D eigenvalue weighted by atomic mass is 15.2. The van der Waals surface area contributed by atoms with E-state index in [1.807, 2.05) is 19.4 Å². The predicted octanol–water partition coefficient (Wildman–Crippen LogP) is 0.733. The molecule has 1 aliphatic carbocycles. The Hall–Kier alpha value is -0.870. The van der Waals surface area contributed by atoms with Crippen LogP contribution in [0.5, 0.6) is 0 Å². The molecule has 0 unspecified atom stereocenters. The van der Waals surface area contributed by atoms with Crippen LogP contribution in [0.1, 0.15) is 25.1 Å². The van der Waals surface area contributed by atoms with Crippen molar-refractivity contribution in [3.63, 3.8) is 0 Å². The van der Waals surface area contributed by atoms with Gasteiger partial charge in [0, 0.05) is 31.5 Å². The van der Waals surface area contributed by atoms with Crippen LogP contribution in [-0.2, 0) is 13.6 Å². The Morgan fingerprint density at radius 1 is 1.60 bits per heavy atom. The molecule has 4 nitrogen and oxygen atoms in total. The topological polar surface area (TPSA) is 47.1 Å². The molecule has 2 rings (SSSR count).